The van der Waals surface area contributed by atoms with Gasteiger partial charge in [0.25, 0.3) is 0 Å². The van der Waals surface area contributed by atoms with Crippen molar-refractivity contribution in [1.29, 1.82) is 0 Å². The lowest BCUT2D eigenvalue weighted by Crippen LogP contribution is -2.43. The summed E-state index contributed by atoms with van der Waals surface area (Å²) in [5, 5.41) is 6.75. The zero-order valence-electron chi connectivity index (χ0n) is 14.6. The maximum atomic E-state index is 4.33. The Morgan fingerprint density at radius 2 is 2.00 bits per heavy atom. The standard InChI is InChI=1S/C18H31N5/c1-19-18(21-13-11-16-8-6-7-12-20-16)22-14-15-23(2)17-9-4-3-5-10-17/h6-8,12,17H,3-5,9-11,13-15H2,1-2H3,(H2,19,21,22). The van der Waals surface area contributed by atoms with Crippen molar-refractivity contribution in [2.45, 2.75) is 44.6 Å². The second-order valence-electron chi connectivity index (χ2n) is 6.27. The van der Waals surface area contributed by atoms with Crippen LogP contribution in [0.4, 0.5) is 0 Å². The molecule has 23 heavy (non-hydrogen) atoms. The molecule has 1 aliphatic carbocycles. The molecule has 0 unspecified atom stereocenters. The highest BCUT2D eigenvalue weighted by Crippen LogP contribution is 2.21. The Balaban J connectivity index is 1.61. The number of rotatable bonds is 7. The fourth-order valence-corrected chi connectivity index (χ4v) is 3.13. The van der Waals surface area contributed by atoms with Crippen molar-refractivity contribution >= 4 is 5.96 Å². The highest BCUT2D eigenvalue weighted by Gasteiger charge is 2.17. The minimum Gasteiger partial charge on any atom is -0.356 e. The lowest BCUT2D eigenvalue weighted by Gasteiger charge is -2.31. The maximum absolute atomic E-state index is 4.33. The molecule has 1 saturated carbocycles. The topological polar surface area (TPSA) is 52.6 Å². The number of nitrogens with one attached hydrogen (secondary N) is 2. The van der Waals surface area contributed by atoms with Gasteiger partial charge in [0.05, 0.1) is 0 Å². The van der Waals surface area contributed by atoms with Gasteiger partial charge in [-0.3, -0.25) is 9.98 Å². The average Bonchev–Trinajstić information content (AvgIpc) is 2.62. The molecule has 1 heterocycles. The number of aliphatic imine (C=N–C) groups is 1. The number of likely N-dealkylation sites (N-methyl/N-ethyl adjacent to an activating group) is 1. The summed E-state index contributed by atoms with van der Waals surface area (Å²) in [7, 11) is 4.07. The number of hydrogen-bond donors (Lipinski definition) is 2. The van der Waals surface area contributed by atoms with Crippen molar-refractivity contribution in [2.75, 3.05) is 33.7 Å². The van der Waals surface area contributed by atoms with Gasteiger partial charge in [0.1, 0.15) is 0 Å². The van der Waals surface area contributed by atoms with Crippen LogP contribution in [0.15, 0.2) is 29.4 Å². The Morgan fingerprint density at radius 1 is 1.22 bits per heavy atom. The van der Waals surface area contributed by atoms with Crippen LogP contribution >= 0.6 is 0 Å². The van der Waals surface area contributed by atoms with E-state index in [4.69, 9.17) is 0 Å². The molecule has 0 amide bonds. The smallest absolute Gasteiger partial charge is 0.191 e. The van der Waals surface area contributed by atoms with Gasteiger partial charge in [-0.2, -0.15) is 0 Å². The lowest BCUT2D eigenvalue weighted by molar-refractivity contribution is 0.194. The predicted molar refractivity (Wildman–Crippen MR) is 96.8 cm³/mol. The Bertz CT molecular complexity index is 454. The number of nitrogens with zero attached hydrogens (tertiary/aromatic N) is 3. The predicted octanol–water partition coefficient (Wildman–Crippen LogP) is 2.05. The van der Waals surface area contributed by atoms with Crippen molar-refractivity contribution in [3.8, 4) is 0 Å². The first-order chi connectivity index (χ1) is 11.3. The summed E-state index contributed by atoms with van der Waals surface area (Å²) in [6.45, 7) is 2.83. The molecule has 1 aromatic heterocycles. The molecule has 1 aromatic rings. The maximum Gasteiger partial charge on any atom is 0.191 e. The van der Waals surface area contributed by atoms with Crippen LogP contribution < -0.4 is 10.6 Å². The average molecular weight is 317 g/mol. The third-order valence-corrected chi connectivity index (χ3v) is 4.58. The van der Waals surface area contributed by atoms with Gasteiger partial charge in [0.2, 0.25) is 0 Å². The molecule has 128 valence electrons. The van der Waals surface area contributed by atoms with Crippen LogP contribution in [-0.2, 0) is 6.42 Å². The van der Waals surface area contributed by atoms with Gasteiger partial charge in [-0.05, 0) is 32.0 Å². The molecule has 0 aliphatic heterocycles. The first-order valence-electron chi connectivity index (χ1n) is 8.84. The molecule has 0 aromatic carbocycles. The number of aromatic nitrogens is 1. The molecular weight excluding hydrogens is 286 g/mol. The molecule has 1 aliphatic rings. The normalized spacial score (nSPS) is 16.6. The molecule has 0 bridgehead atoms. The molecule has 5 nitrogen and oxygen atoms in total. The van der Waals surface area contributed by atoms with E-state index in [1.54, 1.807) is 0 Å². The summed E-state index contributed by atoms with van der Waals surface area (Å²) in [4.78, 5) is 11.1. The van der Waals surface area contributed by atoms with Crippen molar-refractivity contribution in [3.63, 3.8) is 0 Å². The van der Waals surface area contributed by atoms with E-state index in [2.05, 4.69) is 38.6 Å². The SMILES string of the molecule is CN=C(NCCc1ccccn1)NCCN(C)C1CCCCC1. The third-order valence-electron chi connectivity index (χ3n) is 4.58. The largest absolute Gasteiger partial charge is 0.356 e. The summed E-state index contributed by atoms with van der Waals surface area (Å²) in [5.74, 6) is 0.873. The van der Waals surface area contributed by atoms with Crippen molar-refractivity contribution in [3.05, 3.63) is 30.1 Å². The van der Waals surface area contributed by atoms with E-state index in [1.807, 2.05) is 25.4 Å². The minimum atomic E-state index is 0.768. The second-order valence-corrected chi connectivity index (χ2v) is 6.27. The molecule has 0 spiro atoms. The minimum absolute atomic E-state index is 0.768. The summed E-state index contributed by atoms with van der Waals surface area (Å²) < 4.78 is 0. The van der Waals surface area contributed by atoms with Gasteiger partial charge in [-0.1, -0.05) is 25.3 Å². The number of guanidine groups is 1. The molecule has 0 atom stereocenters. The number of hydrogen-bond acceptors (Lipinski definition) is 3. The summed E-state index contributed by atoms with van der Waals surface area (Å²) in [6, 6.07) is 6.79. The van der Waals surface area contributed by atoms with Gasteiger partial charge in [-0.15, -0.1) is 0 Å². The molecule has 2 N–H and O–H groups in total. The van der Waals surface area contributed by atoms with Crippen LogP contribution in [0.5, 0.6) is 0 Å². The van der Waals surface area contributed by atoms with Crippen LogP contribution in [0.2, 0.25) is 0 Å². The van der Waals surface area contributed by atoms with Crippen LogP contribution in [0.3, 0.4) is 0 Å². The second kappa shape index (κ2) is 10.2. The highest BCUT2D eigenvalue weighted by atomic mass is 15.2. The first kappa shape index (κ1) is 17.7. The summed E-state index contributed by atoms with van der Waals surface area (Å²) in [6.07, 6.45) is 9.64. The molecule has 5 heteroatoms. The molecule has 1 fully saturated rings. The zero-order valence-corrected chi connectivity index (χ0v) is 14.6. The fraction of sp³-hybridized carbons (Fsp3) is 0.667. The van der Waals surface area contributed by atoms with Gasteiger partial charge in [0, 0.05) is 51.0 Å². The monoisotopic (exact) mass is 317 g/mol. The lowest BCUT2D eigenvalue weighted by atomic mass is 9.94. The van der Waals surface area contributed by atoms with E-state index in [-0.39, 0.29) is 0 Å². The Labute approximate surface area is 140 Å². The van der Waals surface area contributed by atoms with E-state index in [9.17, 15) is 0 Å². The summed E-state index contributed by atoms with van der Waals surface area (Å²) in [5.41, 5.74) is 1.10. The van der Waals surface area contributed by atoms with E-state index < -0.39 is 0 Å². The zero-order chi connectivity index (χ0) is 16.3. The van der Waals surface area contributed by atoms with E-state index in [0.29, 0.717) is 0 Å². The summed E-state index contributed by atoms with van der Waals surface area (Å²) >= 11 is 0. The van der Waals surface area contributed by atoms with E-state index in [0.717, 1.165) is 43.8 Å². The van der Waals surface area contributed by atoms with Crippen molar-refractivity contribution in [1.82, 2.24) is 20.5 Å². The quantitative estimate of drug-likeness (QED) is 0.597. The van der Waals surface area contributed by atoms with Gasteiger partial charge in [-0.25, -0.2) is 0 Å². The fourth-order valence-electron chi connectivity index (χ4n) is 3.13. The molecule has 0 saturated heterocycles. The van der Waals surface area contributed by atoms with Crippen molar-refractivity contribution in [2.24, 2.45) is 4.99 Å². The molecular formula is C18H31N5. The van der Waals surface area contributed by atoms with Crippen molar-refractivity contribution < 1.29 is 0 Å². The Hall–Kier alpha value is -1.62. The van der Waals surface area contributed by atoms with Crippen LogP contribution in [-0.4, -0.2) is 55.6 Å². The Kier molecular flexibility index (Phi) is 7.87. The van der Waals surface area contributed by atoms with Gasteiger partial charge >= 0.3 is 0 Å². The molecule has 2 rings (SSSR count). The van der Waals surface area contributed by atoms with Crippen LogP contribution in [0, 0.1) is 0 Å². The Morgan fingerprint density at radius 3 is 2.70 bits per heavy atom. The van der Waals surface area contributed by atoms with Crippen LogP contribution in [0.1, 0.15) is 37.8 Å². The van der Waals surface area contributed by atoms with Gasteiger partial charge < -0.3 is 15.5 Å². The first-order valence-corrected chi connectivity index (χ1v) is 8.84. The third kappa shape index (κ3) is 6.57. The molecule has 0 radical (unpaired) electrons. The van der Waals surface area contributed by atoms with Gasteiger partial charge in [0.15, 0.2) is 5.96 Å². The van der Waals surface area contributed by atoms with E-state index >= 15 is 0 Å². The van der Waals surface area contributed by atoms with E-state index in [1.165, 1.54) is 32.1 Å². The van der Waals surface area contributed by atoms with Crippen LogP contribution in [0.25, 0.3) is 0 Å². The highest BCUT2D eigenvalue weighted by molar-refractivity contribution is 5.79. The number of pyridine rings is 1.